The minimum Gasteiger partial charge on any atom is -0.349 e. The van der Waals surface area contributed by atoms with E-state index in [4.69, 9.17) is 0 Å². The maximum Gasteiger partial charge on any atom is 0.348 e. The highest BCUT2D eigenvalue weighted by Crippen LogP contribution is 2.32. The number of aromatic amines is 1. The van der Waals surface area contributed by atoms with Gasteiger partial charge in [0.2, 0.25) is 5.91 Å². The Morgan fingerprint density at radius 3 is 2.55 bits per heavy atom. The van der Waals surface area contributed by atoms with Crippen LogP contribution in [0.25, 0.3) is 22.3 Å². The summed E-state index contributed by atoms with van der Waals surface area (Å²) in [5.41, 5.74) is 3.37. The summed E-state index contributed by atoms with van der Waals surface area (Å²) in [5.74, 6) is -0.942. The number of carbonyl (C=O) groups excluding carboxylic acids is 1. The van der Waals surface area contributed by atoms with E-state index in [1.165, 1.54) is 23.8 Å². The van der Waals surface area contributed by atoms with Gasteiger partial charge in [-0.3, -0.25) is 19.4 Å². The number of anilines is 1. The van der Waals surface area contributed by atoms with Gasteiger partial charge in [-0.25, -0.2) is 18.6 Å². The second-order valence-electron chi connectivity index (χ2n) is 13.0. The van der Waals surface area contributed by atoms with Crippen LogP contribution in [0.5, 0.6) is 0 Å². The third kappa shape index (κ3) is 7.13. The van der Waals surface area contributed by atoms with Crippen molar-refractivity contribution >= 4 is 22.8 Å². The number of pyridine rings is 2. The standard InChI is InChI=1S/C37H40F2N8O2/c1-6-33(48)45-20-24(5)46(21-23(45)4)36-29-19-31(39)34(42-35(29)43-37(49)44-36)28-17-26(8-10-30(28)38)13-16-47-27(12-15-41-47)9-7-25-11-14-40-32(18-25)22(2)3/h6,8,10-12,14-15,17-19,22-24H,1,7,9,13,16,20-21H2,2-5H3,(H,42,43,44,49)/t23-,24+/m1/s1. The molecule has 5 heterocycles. The van der Waals surface area contributed by atoms with Gasteiger partial charge in [-0.2, -0.15) is 10.1 Å². The molecular weight excluding hydrogens is 626 g/mol. The average molecular weight is 667 g/mol. The number of hydrogen-bond donors (Lipinski definition) is 1. The topological polar surface area (TPSA) is 113 Å². The van der Waals surface area contributed by atoms with Crippen LogP contribution in [0.1, 0.15) is 56.1 Å². The molecule has 0 spiro atoms. The van der Waals surface area contributed by atoms with Crippen molar-refractivity contribution in [2.75, 3.05) is 18.0 Å². The van der Waals surface area contributed by atoms with E-state index in [0.29, 0.717) is 37.4 Å². The van der Waals surface area contributed by atoms with Gasteiger partial charge < -0.3 is 9.80 Å². The third-order valence-corrected chi connectivity index (χ3v) is 9.17. The van der Waals surface area contributed by atoms with E-state index in [1.807, 2.05) is 41.8 Å². The molecule has 0 aliphatic carbocycles. The predicted octanol–water partition coefficient (Wildman–Crippen LogP) is 5.62. The highest BCUT2D eigenvalue weighted by Gasteiger charge is 2.33. The summed E-state index contributed by atoms with van der Waals surface area (Å²) in [7, 11) is 0. The number of benzene rings is 1. The van der Waals surface area contributed by atoms with Crippen molar-refractivity contribution in [2.24, 2.45) is 0 Å². The highest BCUT2D eigenvalue weighted by atomic mass is 19.1. The van der Waals surface area contributed by atoms with E-state index in [0.717, 1.165) is 29.8 Å². The first-order valence-electron chi connectivity index (χ1n) is 16.6. The number of aromatic nitrogens is 6. The van der Waals surface area contributed by atoms with Gasteiger partial charge >= 0.3 is 5.69 Å². The molecule has 1 fully saturated rings. The van der Waals surface area contributed by atoms with E-state index in [-0.39, 0.29) is 40.7 Å². The number of rotatable bonds is 10. The first-order chi connectivity index (χ1) is 23.5. The van der Waals surface area contributed by atoms with Gasteiger partial charge in [0.15, 0.2) is 0 Å². The Hall–Kier alpha value is -5.26. The molecule has 12 heteroatoms. The number of halogens is 2. The second-order valence-corrected chi connectivity index (χ2v) is 13.0. The fourth-order valence-corrected chi connectivity index (χ4v) is 6.45. The van der Waals surface area contributed by atoms with Crippen molar-refractivity contribution in [2.45, 2.75) is 71.5 Å². The number of piperazine rings is 1. The van der Waals surface area contributed by atoms with Crippen molar-refractivity contribution < 1.29 is 13.6 Å². The first-order valence-corrected chi connectivity index (χ1v) is 16.6. The summed E-state index contributed by atoms with van der Waals surface area (Å²) in [6.07, 6.45) is 7.09. The van der Waals surface area contributed by atoms with Crippen LogP contribution in [0.15, 0.2) is 72.3 Å². The monoisotopic (exact) mass is 666 g/mol. The third-order valence-electron chi connectivity index (χ3n) is 9.17. The fraction of sp³-hybridized carbons (Fsp3) is 0.351. The number of nitrogens with one attached hydrogen (secondary N) is 1. The zero-order chi connectivity index (χ0) is 34.8. The van der Waals surface area contributed by atoms with Crippen molar-refractivity contribution in [3.8, 4) is 11.3 Å². The van der Waals surface area contributed by atoms with Crippen LogP contribution in [-0.4, -0.2) is 65.7 Å². The fourth-order valence-electron chi connectivity index (χ4n) is 6.45. The Balaban J connectivity index is 1.22. The Kier molecular flexibility index (Phi) is 9.66. The first kappa shape index (κ1) is 33.6. The van der Waals surface area contributed by atoms with Gasteiger partial charge in [-0.15, -0.1) is 0 Å². The van der Waals surface area contributed by atoms with Gasteiger partial charge in [0, 0.05) is 61.1 Å². The summed E-state index contributed by atoms with van der Waals surface area (Å²) < 4.78 is 33.1. The van der Waals surface area contributed by atoms with Crippen molar-refractivity contribution in [3.63, 3.8) is 0 Å². The van der Waals surface area contributed by atoms with Crippen LogP contribution in [0.2, 0.25) is 0 Å². The van der Waals surface area contributed by atoms with E-state index in [2.05, 4.69) is 51.5 Å². The lowest BCUT2D eigenvalue weighted by Crippen LogP contribution is -2.58. The molecule has 0 bridgehead atoms. The molecule has 1 amide bonds. The molecular formula is C37H40F2N8O2. The summed E-state index contributed by atoms with van der Waals surface area (Å²) in [6, 6.07) is 11.6. The number of carbonyl (C=O) groups is 1. The molecule has 1 aliphatic heterocycles. The maximum absolute atomic E-state index is 15.9. The Bertz CT molecular complexity index is 2070. The van der Waals surface area contributed by atoms with Crippen LogP contribution >= 0.6 is 0 Å². The average Bonchev–Trinajstić information content (AvgIpc) is 3.54. The molecule has 49 heavy (non-hydrogen) atoms. The van der Waals surface area contributed by atoms with E-state index in [1.54, 1.807) is 23.2 Å². The smallest absolute Gasteiger partial charge is 0.348 e. The van der Waals surface area contributed by atoms with Crippen LogP contribution in [-0.2, 0) is 30.6 Å². The highest BCUT2D eigenvalue weighted by molar-refractivity contribution is 5.90. The van der Waals surface area contributed by atoms with Crippen LogP contribution in [0, 0.1) is 11.6 Å². The van der Waals surface area contributed by atoms with Gasteiger partial charge in [0.05, 0.1) is 5.39 Å². The molecule has 0 unspecified atom stereocenters. The zero-order valence-electron chi connectivity index (χ0n) is 28.2. The number of fused-ring (bicyclic) bond motifs is 1. The molecule has 0 radical (unpaired) electrons. The van der Waals surface area contributed by atoms with Gasteiger partial charge in [0.1, 0.15) is 28.8 Å². The second kappa shape index (κ2) is 14.1. The molecule has 1 saturated heterocycles. The van der Waals surface area contributed by atoms with Crippen LogP contribution in [0.3, 0.4) is 0 Å². The van der Waals surface area contributed by atoms with E-state index >= 15 is 8.78 Å². The summed E-state index contributed by atoms with van der Waals surface area (Å²) in [4.78, 5) is 44.3. The predicted molar refractivity (Wildman–Crippen MR) is 185 cm³/mol. The minimum atomic E-state index is -0.745. The number of H-pyrrole nitrogens is 1. The number of amides is 1. The van der Waals surface area contributed by atoms with Crippen molar-refractivity contribution in [1.29, 1.82) is 0 Å². The molecule has 4 aromatic heterocycles. The Morgan fingerprint density at radius 2 is 1.78 bits per heavy atom. The van der Waals surface area contributed by atoms with Crippen molar-refractivity contribution in [3.05, 3.63) is 112 Å². The molecule has 2 atom stereocenters. The molecule has 10 nitrogen and oxygen atoms in total. The van der Waals surface area contributed by atoms with Gasteiger partial charge in [-0.1, -0.05) is 26.5 Å². The minimum absolute atomic E-state index is 0.00557. The van der Waals surface area contributed by atoms with E-state index < -0.39 is 17.3 Å². The lowest BCUT2D eigenvalue weighted by atomic mass is 10.0. The molecule has 254 valence electrons. The largest absolute Gasteiger partial charge is 0.349 e. The number of aryl methyl sites for hydroxylation is 4. The number of hydrogen-bond acceptors (Lipinski definition) is 7. The SMILES string of the molecule is C=CC(=O)N1C[C@H](C)N(c2nc(=O)[nH]c3nc(-c4cc(CCn5nccc5CCc5ccnc(C(C)C)c5)ccc4F)c(F)cc23)C[C@H]1C. The normalized spacial score (nSPS) is 16.5. The molecule has 6 rings (SSSR count). The summed E-state index contributed by atoms with van der Waals surface area (Å²) >= 11 is 0. The zero-order valence-corrected chi connectivity index (χ0v) is 28.2. The van der Waals surface area contributed by atoms with Crippen molar-refractivity contribution in [1.82, 2.24) is 34.6 Å². The maximum atomic E-state index is 15.9. The van der Waals surface area contributed by atoms with Gasteiger partial charge in [-0.05, 0) is 92.6 Å². The molecule has 1 aliphatic rings. The Labute approximate surface area is 283 Å². The van der Waals surface area contributed by atoms with Crippen LogP contribution < -0.4 is 10.6 Å². The Morgan fingerprint density at radius 1 is 0.980 bits per heavy atom. The van der Waals surface area contributed by atoms with Gasteiger partial charge in [0.25, 0.3) is 0 Å². The quantitative estimate of drug-likeness (QED) is 0.193. The molecule has 0 saturated carbocycles. The lowest BCUT2D eigenvalue weighted by molar-refractivity contribution is -0.128. The molecule has 1 aromatic carbocycles. The molecule has 5 aromatic rings. The van der Waals surface area contributed by atoms with E-state index in [9.17, 15) is 9.59 Å². The lowest BCUT2D eigenvalue weighted by Gasteiger charge is -2.44. The summed E-state index contributed by atoms with van der Waals surface area (Å²) in [5, 5.41) is 4.80. The number of nitrogens with zero attached hydrogens (tertiary/aromatic N) is 7. The summed E-state index contributed by atoms with van der Waals surface area (Å²) in [6.45, 7) is 12.9. The van der Waals surface area contributed by atoms with Crippen LogP contribution in [0.4, 0.5) is 14.6 Å². The molecule has 1 N–H and O–H groups in total.